The second-order valence-electron chi connectivity index (χ2n) is 2.65. The fourth-order valence-corrected chi connectivity index (χ4v) is 1.08. The number of halogens is 1. The van der Waals surface area contributed by atoms with Gasteiger partial charge in [-0.3, -0.25) is 0 Å². The molecule has 0 spiro atoms. The number of hydrogen-bond acceptors (Lipinski definition) is 2. The molecule has 0 aliphatic heterocycles. The molecule has 1 aromatic carbocycles. The molecule has 0 N–H and O–H groups in total. The lowest BCUT2D eigenvalue weighted by molar-refractivity contribution is 0.0600. The Morgan fingerprint density at radius 2 is 2.00 bits per heavy atom. The molecule has 84 valence electrons. The van der Waals surface area contributed by atoms with E-state index in [2.05, 4.69) is 4.74 Å². The number of hydrogen-bond donors (Lipinski definition) is 0. The third kappa shape index (κ3) is 3.70. The zero-order valence-electron chi connectivity index (χ0n) is 9.63. The normalized spacial score (nSPS) is 8.87. The van der Waals surface area contributed by atoms with Crippen LogP contribution in [0.15, 0.2) is 18.2 Å². The average Bonchev–Trinajstić information content (AvgIpc) is 2.30. The Labute approximate surface area is 90.1 Å². The predicted octanol–water partition coefficient (Wildman–Crippen LogP) is 3.20. The second-order valence-corrected chi connectivity index (χ2v) is 2.65. The molecule has 0 saturated heterocycles. The zero-order valence-corrected chi connectivity index (χ0v) is 9.63. The fourth-order valence-electron chi connectivity index (χ4n) is 1.08. The minimum atomic E-state index is -0.512. The van der Waals surface area contributed by atoms with E-state index >= 15 is 0 Å². The van der Waals surface area contributed by atoms with Crippen molar-refractivity contribution >= 4 is 5.97 Å². The van der Waals surface area contributed by atoms with Crippen LogP contribution in [0, 0.1) is 5.82 Å². The summed E-state index contributed by atoms with van der Waals surface area (Å²) in [6.07, 6.45) is 0.618. The molecule has 0 bridgehead atoms. The van der Waals surface area contributed by atoms with Crippen molar-refractivity contribution < 1.29 is 13.9 Å². The maximum Gasteiger partial charge on any atom is 0.337 e. The first-order chi connectivity index (χ1) is 7.19. The Hall–Kier alpha value is -1.38. The zero-order chi connectivity index (χ0) is 11.8. The van der Waals surface area contributed by atoms with Crippen LogP contribution >= 0.6 is 0 Å². The van der Waals surface area contributed by atoms with Crippen LogP contribution in [0.3, 0.4) is 0 Å². The lowest BCUT2D eigenvalue weighted by Crippen LogP contribution is -2.02. The predicted molar refractivity (Wildman–Crippen MR) is 58.5 cm³/mol. The van der Waals surface area contributed by atoms with Crippen molar-refractivity contribution in [3.8, 4) is 0 Å². The third-order valence-electron chi connectivity index (χ3n) is 1.86. The van der Waals surface area contributed by atoms with Crippen LogP contribution in [-0.2, 0) is 11.2 Å². The number of aryl methyl sites for hydroxylation is 1. The highest BCUT2D eigenvalue weighted by molar-refractivity contribution is 5.89. The van der Waals surface area contributed by atoms with E-state index in [-0.39, 0.29) is 11.4 Å². The molecule has 1 aromatic rings. The largest absolute Gasteiger partial charge is 0.465 e. The second kappa shape index (κ2) is 6.98. The summed E-state index contributed by atoms with van der Waals surface area (Å²) in [6.45, 7) is 5.86. The van der Waals surface area contributed by atoms with Gasteiger partial charge in [0.15, 0.2) is 0 Å². The van der Waals surface area contributed by atoms with Gasteiger partial charge in [0.25, 0.3) is 0 Å². The van der Waals surface area contributed by atoms with Gasteiger partial charge in [-0.1, -0.05) is 26.8 Å². The average molecular weight is 212 g/mol. The number of methoxy groups -OCH3 is 1. The highest BCUT2D eigenvalue weighted by atomic mass is 19.1. The van der Waals surface area contributed by atoms with Crippen LogP contribution in [0.2, 0.25) is 0 Å². The van der Waals surface area contributed by atoms with Crippen molar-refractivity contribution in [2.75, 3.05) is 7.11 Å². The molecule has 0 amide bonds. The summed E-state index contributed by atoms with van der Waals surface area (Å²) in [5, 5.41) is 0. The number of carbonyl (C=O) groups excluding carboxylic acids is 1. The molecular formula is C12H17FO2. The van der Waals surface area contributed by atoms with E-state index in [1.807, 2.05) is 20.8 Å². The maximum absolute atomic E-state index is 13.1. The highest BCUT2D eigenvalue weighted by Gasteiger charge is 2.08. The molecular weight excluding hydrogens is 195 g/mol. The van der Waals surface area contributed by atoms with Crippen molar-refractivity contribution in [2.45, 2.75) is 27.2 Å². The van der Waals surface area contributed by atoms with Crippen LogP contribution in [0.1, 0.15) is 36.7 Å². The van der Waals surface area contributed by atoms with Crippen molar-refractivity contribution in [1.82, 2.24) is 0 Å². The molecule has 1 rings (SSSR count). The number of carbonyl (C=O) groups is 1. The van der Waals surface area contributed by atoms with Gasteiger partial charge in [0.1, 0.15) is 5.82 Å². The lowest BCUT2D eigenvalue weighted by atomic mass is 10.1. The van der Waals surface area contributed by atoms with E-state index in [1.165, 1.54) is 13.2 Å². The molecule has 0 aliphatic carbocycles. The summed E-state index contributed by atoms with van der Waals surface area (Å²) in [4.78, 5) is 11.0. The van der Waals surface area contributed by atoms with Crippen molar-refractivity contribution in [2.24, 2.45) is 0 Å². The Morgan fingerprint density at radius 3 is 2.40 bits per heavy atom. The van der Waals surface area contributed by atoms with Crippen LogP contribution in [-0.4, -0.2) is 13.1 Å². The van der Waals surface area contributed by atoms with Gasteiger partial charge in [-0.25, -0.2) is 9.18 Å². The standard InChI is InChI=1S/C10H11FO2.C2H6/c1-3-7-4-5-8(6-9(7)11)10(12)13-2;1-2/h4-6H,3H2,1-2H3;1-2H3. The van der Waals surface area contributed by atoms with Crippen molar-refractivity contribution in [3.05, 3.63) is 35.1 Å². The molecule has 0 aliphatic rings. The monoisotopic (exact) mass is 212 g/mol. The van der Waals surface area contributed by atoms with Crippen molar-refractivity contribution in [3.63, 3.8) is 0 Å². The minimum absolute atomic E-state index is 0.247. The number of esters is 1. The van der Waals surface area contributed by atoms with Gasteiger partial charge in [-0.05, 0) is 24.1 Å². The first kappa shape index (κ1) is 13.6. The molecule has 2 nitrogen and oxygen atoms in total. The molecule has 3 heteroatoms. The van der Waals surface area contributed by atoms with E-state index in [0.29, 0.717) is 12.0 Å². The molecule has 0 radical (unpaired) electrons. The van der Waals surface area contributed by atoms with Gasteiger partial charge in [0.05, 0.1) is 12.7 Å². The summed E-state index contributed by atoms with van der Waals surface area (Å²) in [6, 6.07) is 4.36. The molecule has 0 unspecified atom stereocenters. The Morgan fingerprint density at radius 1 is 1.40 bits per heavy atom. The van der Waals surface area contributed by atoms with Crippen molar-refractivity contribution in [1.29, 1.82) is 0 Å². The first-order valence-electron chi connectivity index (χ1n) is 5.05. The summed E-state index contributed by atoms with van der Waals surface area (Å²) in [5.41, 5.74) is 0.852. The van der Waals surface area contributed by atoms with Crippen LogP contribution < -0.4 is 0 Å². The van der Waals surface area contributed by atoms with Gasteiger partial charge < -0.3 is 4.74 Å². The van der Waals surface area contributed by atoms with Gasteiger partial charge >= 0.3 is 5.97 Å². The summed E-state index contributed by atoms with van der Waals surface area (Å²) in [7, 11) is 1.27. The Bertz CT molecular complexity index is 321. The number of rotatable bonds is 2. The molecule has 0 heterocycles. The number of benzene rings is 1. The molecule has 0 fully saturated rings. The molecule has 0 saturated carbocycles. The van der Waals surface area contributed by atoms with Crippen LogP contribution in [0.25, 0.3) is 0 Å². The summed E-state index contributed by atoms with van der Waals surface area (Å²) >= 11 is 0. The Kier molecular flexibility index (Phi) is 6.34. The summed E-state index contributed by atoms with van der Waals surface area (Å²) < 4.78 is 17.6. The topological polar surface area (TPSA) is 26.3 Å². The highest BCUT2D eigenvalue weighted by Crippen LogP contribution is 2.11. The maximum atomic E-state index is 13.1. The third-order valence-corrected chi connectivity index (χ3v) is 1.86. The van der Waals surface area contributed by atoms with Crippen LogP contribution in [0.4, 0.5) is 4.39 Å². The quantitative estimate of drug-likeness (QED) is 0.704. The van der Waals surface area contributed by atoms with E-state index in [9.17, 15) is 9.18 Å². The Balaban J connectivity index is 0.000000921. The van der Waals surface area contributed by atoms with Crippen LogP contribution in [0.5, 0.6) is 0 Å². The molecule has 15 heavy (non-hydrogen) atoms. The fraction of sp³-hybridized carbons (Fsp3) is 0.417. The molecule has 0 atom stereocenters. The van der Waals surface area contributed by atoms with Gasteiger partial charge in [0, 0.05) is 0 Å². The number of ether oxygens (including phenoxy) is 1. The van der Waals surface area contributed by atoms with Gasteiger partial charge in [0.2, 0.25) is 0 Å². The lowest BCUT2D eigenvalue weighted by Gasteiger charge is -2.02. The van der Waals surface area contributed by atoms with Gasteiger partial charge in [-0.2, -0.15) is 0 Å². The van der Waals surface area contributed by atoms with E-state index in [4.69, 9.17) is 0 Å². The van der Waals surface area contributed by atoms with E-state index in [0.717, 1.165) is 0 Å². The minimum Gasteiger partial charge on any atom is -0.465 e. The van der Waals surface area contributed by atoms with E-state index < -0.39 is 5.97 Å². The summed E-state index contributed by atoms with van der Waals surface area (Å²) in [5.74, 6) is -0.869. The first-order valence-corrected chi connectivity index (χ1v) is 5.05. The molecule has 0 aromatic heterocycles. The SMILES string of the molecule is CC.CCc1ccc(C(=O)OC)cc1F. The smallest absolute Gasteiger partial charge is 0.337 e. The van der Waals surface area contributed by atoms with Gasteiger partial charge in [-0.15, -0.1) is 0 Å². The van der Waals surface area contributed by atoms with E-state index in [1.54, 1.807) is 12.1 Å².